The molecule has 31 heavy (non-hydrogen) atoms. The van der Waals surface area contributed by atoms with Crippen LogP contribution in [0.5, 0.6) is 0 Å². The normalized spacial score (nSPS) is 19.1. The van der Waals surface area contributed by atoms with Crippen LogP contribution in [-0.4, -0.2) is 45.1 Å². The van der Waals surface area contributed by atoms with Crippen LogP contribution in [-0.2, 0) is 17.8 Å². The van der Waals surface area contributed by atoms with Gasteiger partial charge in [-0.1, -0.05) is 30.0 Å². The average Bonchev–Trinajstić information content (AvgIpc) is 3.55. The third kappa shape index (κ3) is 3.84. The first-order valence-corrected chi connectivity index (χ1v) is 11.8. The highest BCUT2D eigenvalue weighted by atomic mass is 32.2. The Labute approximate surface area is 186 Å². The molecule has 1 saturated heterocycles. The van der Waals surface area contributed by atoms with E-state index in [2.05, 4.69) is 32.7 Å². The SMILES string of the molecule is C[C@@H](Sc1nnc(N2CCCC2)n1Cc1ccco1)C(=O)N1c2ccccc2C[C@@H]1C. The van der Waals surface area contributed by atoms with Gasteiger partial charge < -0.3 is 14.2 Å². The predicted octanol–water partition coefficient (Wildman–Crippen LogP) is 3.98. The van der Waals surface area contributed by atoms with Crippen LogP contribution in [0.25, 0.3) is 0 Å². The Balaban J connectivity index is 1.39. The van der Waals surface area contributed by atoms with Crippen molar-refractivity contribution >= 4 is 29.3 Å². The first-order valence-electron chi connectivity index (χ1n) is 10.9. The molecule has 0 radical (unpaired) electrons. The van der Waals surface area contributed by atoms with Gasteiger partial charge in [-0.05, 0) is 56.9 Å². The molecule has 1 amide bonds. The molecular formula is C23H27N5O2S. The van der Waals surface area contributed by atoms with Crippen LogP contribution < -0.4 is 9.80 Å². The molecule has 2 aromatic heterocycles. The van der Waals surface area contributed by atoms with Crippen molar-refractivity contribution in [3.8, 4) is 0 Å². The average molecular weight is 438 g/mol. The topological polar surface area (TPSA) is 67.4 Å². The summed E-state index contributed by atoms with van der Waals surface area (Å²) in [6, 6.07) is 12.2. The summed E-state index contributed by atoms with van der Waals surface area (Å²) in [5.41, 5.74) is 2.26. The molecular weight excluding hydrogens is 410 g/mol. The van der Waals surface area contributed by atoms with Gasteiger partial charge >= 0.3 is 0 Å². The van der Waals surface area contributed by atoms with Gasteiger partial charge in [0.05, 0.1) is 18.1 Å². The maximum absolute atomic E-state index is 13.4. The first kappa shape index (κ1) is 20.2. The number of fused-ring (bicyclic) bond motifs is 1. The summed E-state index contributed by atoms with van der Waals surface area (Å²) in [4.78, 5) is 17.6. The third-order valence-corrected chi connectivity index (χ3v) is 7.12. The van der Waals surface area contributed by atoms with E-state index in [-0.39, 0.29) is 17.2 Å². The van der Waals surface area contributed by atoms with Crippen molar-refractivity contribution in [2.24, 2.45) is 0 Å². The monoisotopic (exact) mass is 437 g/mol. The molecule has 0 aliphatic carbocycles. The number of anilines is 2. The second-order valence-corrected chi connectivity index (χ2v) is 9.60. The smallest absolute Gasteiger partial charge is 0.240 e. The Morgan fingerprint density at radius 2 is 2.00 bits per heavy atom. The molecule has 4 heterocycles. The Kier molecular flexibility index (Phi) is 5.48. The quantitative estimate of drug-likeness (QED) is 0.544. The summed E-state index contributed by atoms with van der Waals surface area (Å²) >= 11 is 1.47. The maximum Gasteiger partial charge on any atom is 0.240 e. The Bertz CT molecular complexity index is 1060. The molecule has 0 bridgehead atoms. The summed E-state index contributed by atoms with van der Waals surface area (Å²) in [5.74, 6) is 1.82. The summed E-state index contributed by atoms with van der Waals surface area (Å²) in [7, 11) is 0. The van der Waals surface area contributed by atoms with Gasteiger partial charge in [-0.25, -0.2) is 0 Å². The zero-order valence-electron chi connectivity index (χ0n) is 17.9. The number of carbonyl (C=O) groups is 1. The van der Waals surface area contributed by atoms with Crippen LogP contribution in [0.2, 0.25) is 0 Å². The summed E-state index contributed by atoms with van der Waals surface area (Å²) in [6.07, 6.45) is 4.90. The number of rotatable bonds is 6. The van der Waals surface area contributed by atoms with E-state index in [1.165, 1.54) is 17.3 Å². The van der Waals surface area contributed by atoms with Crippen molar-refractivity contribution in [2.75, 3.05) is 22.9 Å². The van der Waals surface area contributed by atoms with Crippen LogP contribution >= 0.6 is 11.8 Å². The van der Waals surface area contributed by atoms with E-state index in [9.17, 15) is 4.79 Å². The van der Waals surface area contributed by atoms with Gasteiger partial charge in [0.15, 0.2) is 5.16 Å². The summed E-state index contributed by atoms with van der Waals surface area (Å²) in [5, 5.41) is 9.44. The highest BCUT2D eigenvalue weighted by Crippen LogP contribution is 2.35. The largest absolute Gasteiger partial charge is 0.467 e. The van der Waals surface area contributed by atoms with Gasteiger partial charge in [0.1, 0.15) is 5.76 Å². The Hall–Kier alpha value is -2.74. The van der Waals surface area contributed by atoms with E-state index in [0.717, 1.165) is 54.9 Å². The minimum absolute atomic E-state index is 0.109. The molecule has 162 valence electrons. The van der Waals surface area contributed by atoms with E-state index in [4.69, 9.17) is 4.42 Å². The number of amides is 1. The fraction of sp³-hybridized carbons (Fsp3) is 0.435. The Morgan fingerprint density at radius 1 is 1.19 bits per heavy atom. The molecule has 2 atom stereocenters. The molecule has 0 saturated carbocycles. The molecule has 0 N–H and O–H groups in total. The van der Waals surface area contributed by atoms with E-state index in [1.807, 2.05) is 42.2 Å². The molecule has 2 aliphatic heterocycles. The zero-order chi connectivity index (χ0) is 21.4. The summed E-state index contributed by atoms with van der Waals surface area (Å²) < 4.78 is 7.67. The maximum atomic E-state index is 13.4. The second-order valence-electron chi connectivity index (χ2n) is 8.29. The molecule has 0 unspecified atom stereocenters. The van der Waals surface area contributed by atoms with Gasteiger partial charge in [0, 0.05) is 24.8 Å². The zero-order valence-corrected chi connectivity index (χ0v) is 18.7. The van der Waals surface area contributed by atoms with Crippen molar-refractivity contribution in [1.29, 1.82) is 0 Å². The molecule has 0 spiro atoms. The van der Waals surface area contributed by atoms with Gasteiger partial charge in [-0.15, -0.1) is 10.2 Å². The van der Waals surface area contributed by atoms with Gasteiger partial charge in [0.25, 0.3) is 0 Å². The lowest BCUT2D eigenvalue weighted by atomic mass is 10.1. The number of benzene rings is 1. The minimum atomic E-state index is -0.278. The molecule has 5 rings (SSSR count). The molecule has 1 aromatic carbocycles. The fourth-order valence-electron chi connectivity index (χ4n) is 4.52. The number of hydrogen-bond donors (Lipinski definition) is 0. The van der Waals surface area contributed by atoms with Gasteiger partial charge in [-0.2, -0.15) is 0 Å². The van der Waals surface area contributed by atoms with Crippen LogP contribution in [0.4, 0.5) is 11.6 Å². The predicted molar refractivity (Wildman–Crippen MR) is 122 cm³/mol. The molecule has 1 fully saturated rings. The molecule has 2 aliphatic rings. The van der Waals surface area contributed by atoms with Crippen molar-refractivity contribution in [2.45, 2.75) is 56.1 Å². The third-order valence-electron chi connectivity index (χ3n) is 6.05. The number of para-hydroxylation sites is 1. The van der Waals surface area contributed by atoms with E-state index >= 15 is 0 Å². The van der Waals surface area contributed by atoms with Gasteiger partial charge in [-0.3, -0.25) is 9.36 Å². The highest BCUT2D eigenvalue weighted by molar-refractivity contribution is 8.00. The number of thioether (sulfide) groups is 1. The van der Waals surface area contributed by atoms with Gasteiger partial charge in [0.2, 0.25) is 11.9 Å². The molecule has 7 nitrogen and oxygen atoms in total. The van der Waals surface area contributed by atoms with Crippen molar-refractivity contribution in [1.82, 2.24) is 14.8 Å². The van der Waals surface area contributed by atoms with Crippen molar-refractivity contribution in [3.05, 3.63) is 54.0 Å². The number of carbonyl (C=O) groups excluding carboxylic acids is 1. The highest BCUT2D eigenvalue weighted by Gasteiger charge is 2.34. The van der Waals surface area contributed by atoms with E-state index in [0.29, 0.717) is 6.54 Å². The van der Waals surface area contributed by atoms with Crippen LogP contribution in [0.1, 0.15) is 38.0 Å². The molecule has 3 aromatic rings. The summed E-state index contributed by atoms with van der Waals surface area (Å²) in [6.45, 7) is 6.59. The lowest BCUT2D eigenvalue weighted by Crippen LogP contribution is -2.40. The van der Waals surface area contributed by atoms with Crippen LogP contribution in [0.15, 0.2) is 52.2 Å². The molecule has 8 heteroatoms. The number of nitrogens with zero attached hydrogens (tertiary/aromatic N) is 5. The van der Waals surface area contributed by atoms with Crippen LogP contribution in [0, 0.1) is 0 Å². The standard InChI is InChI=1S/C23H27N5O2S/c1-16-14-18-8-3-4-10-20(18)28(16)21(29)17(2)31-23-25-24-22(26-11-5-6-12-26)27(23)15-19-9-7-13-30-19/h3-4,7-10,13,16-17H,5-6,11-12,14-15H2,1-2H3/t16-,17+/m0/s1. The van der Waals surface area contributed by atoms with E-state index < -0.39 is 0 Å². The van der Waals surface area contributed by atoms with Crippen molar-refractivity contribution in [3.63, 3.8) is 0 Å². The lowest BCUT2D eigenvalue weighted by molar-refractivity contribution is -0.118. The lowest BCUT2D eigenvalue weighted by Gasteiger charge is -2.26. The number of hydrogen-bond acceptors (Lipinski definition) is 6. The second kappa shape index (κ2) is 8.42. The van der Waals surface area contributed by atoms with Crippen LogP contribution in [0.3, 0.4) is 0 Å². The Morgan fingerprint density at radius 3 is 2.77 bits per heavy atom. The fourth-order valence-corrected chi connectivity index (χ4v) is 5.41. The first-order chi connectivity index (χ1) is 15.1. The minimum Gasteiger partial charge on any atom is -0.467 e. The number of aromatic nitrogens is 3. The number of furan rings is 1. The van der Waals surface area contributed by atoms with Crippen molar-refractivity contribution < 1.29 is 9.21 Å². The van der Waals surface area contributed by atoms with E-state index in [1.54, 1.807) is 6.26 Å².